The predicted molar refractivity (Wildman–Crippen MR) is 81.1 cm³/mol. The van der Waals surface area contributed by atoms with Gasteiger partial charge in [0.1, 0.15) is 5.75 Å². The molecule has 1 atom stereocenters. The number of aromatic nitrogens is 1. The largest absolute Gasteiger partial charge is 0.496 e. The minimum atomic E-state index is 0.180. The van der Waals surface area contributed by atoms with Gasteiger partial charge in [-0.15, -0.1) is 0 Å². The lowest BCUT2D eigenvalue weighted by Crippen LogP contribution is -2.28. The van der Waals surface area contributed by atoms with Gasteiger partial charge in [0, 0.05) is 30.3 Å². The summed E-state index contributed by atoms with van der Waals surface area (Å²) in [6.07, 6.45) is 5.10. The first kappa shape index (κ1) is 14.4. The molecule has 0 unspecified atom stereocenters. The fourth-order valence-corrected chi connectivity index (χ4v) is 3.65. The molecule has 2 heterocycles. The molecule has 1 amide bonds. The number of ether oxygens (including phenoxy) is 1. The molecule has 0 radical (unpaired) electrons. The summed E-state index contributed by atoms with van der Waals surface area (Å²) in [6.45, 7) is 7.75. The molecule has 114 valence electrons. The fourth-order valence-electron chi connectivity index (χ4n) is 3.65. The highest BCUT2D eigenvalue weighted by Gasteiger charge is 2.49. The Morgan fingerprint density at radius 3 is 2.76 bits per heavy atom. The van der Waals surface area contributed by atoms with Gasteiger partial charge in [0.05, 0.1) is 19.3 Å². The first-order valence-electron chi connectivity index (χ1n) is 7.71. The second-order valence-corrected chi connectivity index (χ2v) is 6.90. The van der Waals surface area contributed by atoms with Gasteiger partial charge in [0.25, 0.3) is 0 Å². The summed E-state index contributed by atoms with van der Waals surface area (Å²) in [5.41, 5.74) is 3.21. The minimum Gasteiger partial charge on any atom is -0.496 e. The van der Waals surface area contributed by atoms with Crippen LogP contribution in [-0.2, 0) is 11.3 Å². The zero-order chi connectivity index (χ0) is 15.2. The van der Waals surface area contributed by atoms with Crippen molar-refractivity contribution in [1.82, 2.24) is 9.88 Å². The van der Waals surface area contributed by atoms with E-state index in [1.54, 1.807) is 7.11 Å². The van der Waals surface area contributed by atoms with Gasteiger partial charge in [-0.3, -0.25) is 9.78 Å². The molecule has 1 saturated heterocycles. The number of nitrogens with zero attached hydrogens (tertiary/aromatic N) is 2. The summed E-state index contributed by atoms with van der Waals surface area (Å²) >= 11 is 0. The maximum atomic E-state index is 12.3. The quantitative estimate of drug-likeness (QED) is 0.855. The van der Waals surface area contributed by atoms with Crippen LogP contribution in [0.2, 0.25) is 0 Å². The van der Waals surface area contributed by atoms with Gasteiger partial charge in [-0.2, -0.15) is 0 Å². The maximum Gasteiger partial charge on any atom is 0.223 e. The monoisotopic (exact) mass is 288 g/mol. The number of amides is 1. The van der Waals surface area contributed by atoms with E-state index >= 15 is 0 Å². The first-order valence-corrected chi connectivity index (χ1v) is 7.71. The third-order valence-electron chi connectivity index (χ3n) is 5.11. The number of carbonyl (C=O) groups excluding carboxylic acids is 1. The molecule has 1 aliphatic heterocycles. The van der Waals surface area contributed by atoms with E-state index in [0.717, 1.165) is 35.0 Å². The Balaban J connectivity index is 1.79. The molecule has 1 aromatic heterocycles. The van der Waals surface area contributed by atoms with Crippen LogP contribution in [0.5, 0.6) is 5.75 Å². The molecular formula is C17H24N2O2. The van der Waals surface area contributed by atoms with Crippen molar-refractivity contribution in [3.05, 3.63) is 23.0 Å². The number of pyridine rings is 1. The number of rotatable bonds is 4. The molecule has 1 aromatic rings. The number of carbonyl (C=O) groups is 1. The molecule has 4 nitrogen and oxygen atoms in total. The second-order valence-electron chi connectivity index (χ2n) is 6.90. The van der Waals surface area contributed by atoms with E-state index < -0.39 is 0 Å². The lowest BCUT2D eigenvalue weighted by atomic mass is 9.84. The summed E-state index contributed by atoms with van der Waals surface area (Å²) in [7, 11) is 1.68. The molecule has 2 aliphatic rings. The van der Waals surface area contributed by atoms with Crippen LogP contribution in [0.3, 0.4) is 0 Å². The first-order chi connectivity index (χ1) is 9.94. The average molecular weight is 288 g/mol. The SMILES string of the molecule is COc1c(C)cnc(CN2C[C@@](C)(C3CC3)CC2=O)c1C. The molecule has 21 heavy (non-hydrogen) atoms. The Labute approximate surface area is 126 Å². The fraction of sp³-hybridized carbons (Fsp3) is 0.647. The Morgan fingerprint density at radius 1 is 1.43 bits per heavy atom. The average Bonchev–Trinajstić information content (AvgIpc) is 3.22. The standard InChI is InChI=1S/C17H24N2O2/c1-11-8-18-14(12(2)16(11)21-4)9-19-10-17(3,7-15(19)20)13-5-6-13/h8,13H,5-7,9-10H2,1-4H3/t17-/m0/s1. The van der Waals surface area contributed by atoms with Crippen molar-refractivity contribution < 1.29 is 9.53 Å². The van der Waals surface area contributed by atoms with E-state index in [1.807, 2.05) is 24.9 Å². The van der Waals surface area contributed by atoms with E-state index in [4.69, 9.17) is 4.74 Å². The summed E-state index contributed by atoms with van der Waals surface area (Å²) in [5.74, 6) is 1.90. The second kappa shape index (κ2) is 5.00. The Hall–Kier alpha value is -1.58. The van der Waals surface area contributed by atoms with Crippen LogP contribution in [-0.4, -0.2) is 29.4 Å². The van der Waals surface area contributed by atoms with Gasteiger partial charge >= 0.3 is 0 Å². The maximum absolute atomic E-state index is 12.3. The summed E-state index contributed by atoms with van der Waals surface area (Å²) in [6, 6.07) is 0. The zero-order valence-electron chi connectivity index (χ0n) is 13.4. The predicted octanol–water partition coefficient (Wildman–Crippen LogP) is 2.86. The normalized spacial score (nSPS) is 25.5. The third kappa shape index (κ3) is 2.52. The van der Waals surface area contributed by atoms with E-state index in [2.05, 4.69) is 11.9 Å². The molecule has 4 heteroatoms. The zero-order valence-corrected chi connectivity index (χ0v) is 13.4. The number of methoxy groups -OCH3 is 1. The molecule has 0 aromatic carbocycles. The topological polar surface area (TPSA) is 42.4 Å². The van der Waals surface area contributed by atoms with E-state index in [9.17, 15) is 4.79 Å². The lowest BCUT2D eigenvalue weighted by molar-refractivity contribution is -0.128. The van der Waals surface area contributed by atoms with Gasteiger partial charge in [0.15, 0.2) is 0 Å². The highest BCUT2D eigenvalue weighted by molar-refractivity contribution is 5.79. The summed E-state index contributed by atoms with van der Waals surface area (Å²) in [5, 5.41) is 0. The van der Waals surface area contributed by atoms with Gasteiger partial charge in [0.2, 0.25) is 5.91 Å². The Bertz CT molecular complexity index is 580. The van der Waals surface area contributed by atoms with E-state index in [0.29, 0.717) is 13.0 Å². The van der Waals surface area contributed by atoms with Crippen molar-refractivity contribution in [1.29, 1.82) is 0 Å². The summed E-state index contributed by atoms with van der Waals surface area (Å²) < 4.78 is 5.45. The Kier molecular flexibility index (Phi) is 3.42. The van der Waals surface area contributed by atoms with Crippen molar-refractivity contribution in [3.8, 4) is 5.75 Å². The van der Waals surface area contributed by atoms with Crippen molar-refractivity contribution in [3.63, 3.8) is 0 Å². The van der Waals surface area contributed by atoms with Crippen molar-refractivity contribution in [2.45, 2.75) is 46.6 Å². The van der Waals surface area contributed by atoms with Crippen LogP contribution >= 0.6 is 0 Å². The number of aryl methyl sites for hydroxylation is 1. The van der Waals surface area contributed by atoms with Crippen LogP contribution < -0.4 is 4.74 Å². The Morgan fingerprint density at radius 2 is 2.14 bits per heavy atom. The van der Waals surface area contributed by atoms with Crippen LogP contribution in [0.4, 0.5) is 0 Å². The lowest BCUT2D eigenvalue weighted by Gasteiger charge is -2.24. The van der Waals surface area contributed by atoms with Crippen LogP contribution in [0, 0.1) is 25.2 Å². The third-order valence-corrected chi connectivity index (χ3v) is 5.11. The van der Waals surface area contributed by atoms with Crippen LogP contribution in [0.15, 0.2) is 6.20 Å². The number of hydrogen-bond donors (Lipinski definition) is 0. The van der Waals surface area contributed by atoms with E-state index in [1.165, 1.54) is 12.8 Å². The molecule has 0 spiro atoms. The molecular weight excluding hydrogens is 264 g/mol. The number of hydrogen-bond acceptors (Lipinski definition) is 3. The van der Waals surface area contributed by atoms with Gasteiger partial charge in [-0.25, -0.2) is 0 Å². The van der Waals surface area contributed by atoms with Crippen LogP contribution in [0.25, 0.3) is 0 Å². The van der Waals surface area contributed by atoms with E-state index in [-0.39, 0.29) is 11.3 Å². The van der Waals surface area contributed by atoms with Gasteiger partial charge in [-0.05, 0) is 38.0 Å². The molecule has 1 aliphatic carbocycles. The van der Waals surface area contributed by atoms with Gasteiger partial charge < -0.3 is 9.64 Å². The number of likely N-dealkylation sites (tertiary alicyclic amines) is 1. The molecule has 3 rings (SSSR count). The minimum absolute atomic E-state index is 0.180. The van der Waals surface area contributed by atoms with Crippen LogP contribution in [0.1, 0.15) is 43.0 Å². The highest BCUT2D eigenvalue weighted by Crippen LogP contribution is 2.51. The van der Waals surface area contributed by atoms with Gasteiger partial charge in [-0.1, -0.05) is 6.92 Å². The smallest absolute Gasteiger partial charge is 0.223 e. The molecule has 0 bridgehead atoms. The van der Waals surface area contributed by atoms with Crippen molar-refractivity contribution >= 4 is 5.91 Å². The molecule has 2 fully saturated rings. The summed E-state index contributed by atoms with van der Waals surface area (Å²) in [4.78, 5) is 18.8. The molecule has 1 saturated carbocycles. The highest BCUT2D eigenvalue weighted by atomic mass is 16.5. The van der Waals surface area contributed by atoms with Crippen molar-refractivity contribution in [2.24, 2.45) is 11.3 Å². The van der Waals surface area contributed by atoms with Crippen molar-refractivity contribution in [2.75, 3.05) is 13.7 Å². The molecule has 0 N–H and O–H groups in total.